The highest BCUT2D eigenvalue weighted by Crippen LogP contribution is 2.44. The summed E-state index contributed by atoms with van der Waals surface area (Å²) in [6, 6.07) is 0. The van der Waals surface area contributed by atoms with Gasteiger partial charge in [-0.2, -0.15) is 0 Å². The molecule has 0 amide bonds. The van der Waals surface area contributed by atoms with E-state index in [1.807, 2.05) is 0 Å². The molecule has 0 spiro atoms. The van der Waals surface area contributed by atoms with Crippen molar-refractivity contribution in [3.8, 4) is 0 Å². The molecule has 1 unspecified atom stereocenters. The van der Waals surface area contributed by atoms with Crippen LogP contribution >= 0.6 is 0 Å². The molecule has 126 valence electrons. The normalized spacial score (nSPS) is 14.0. The molecule has 22 heavy (non-hydrogen) atoms. The van der Waals surface area contributed by atoms with Crippen LogP contribution in [0, 0.1) is 5.41 Å². The van der Waals surface area contributed by atoms with Crippen LogP contribution < -0.4 is 0 Å². The highest BCUT2D eigenvalue weighted by Gasteiger charge is 2.62. The van der Waals surface area contributed by atoms with E-state index >= 15 is 0 Å². The lowest BCUT2D eigenvalue weighted by atomic mass is 9.66. The van der Waals surface area contributed by atoms with Crippen molar-refractivity contribution in [3.05, 3.63) is 0 Å². The number of ether oxygens (including phenoxy) is 2. The van der Waals surface area contributed by atoms with E-state index in [-0.39, 0.29) is 12.8 Å². The quantitative estimate of drug-likeness (QED) is 0.485. The fourth-order valence-corrected chi connectivity index (χ4v) is 2.45. The Bertz CT molecular complexity index is 452. The number of carboxylic acids is 3. The molecule has 0 radical (unpaired) electrons. The van der Waals surface area contributed by atoms with Gasteiger partial charge in [0.2, 0.25) is 0 Å². The van der Waals surface area contributed by atoms with Gasteiger partial charge in [-0.05, 0) is 12.8 Å². The van der Waals surface area contributed by atoms with Gasteiger partial charge in [0.05, 0.1) is 13.5 Å². The monoisotopic (exact) mass is 320 g/mol. The third-order valence-electron chi connectivity index (χ3n) is 3.80. The second kappa shape index (κ2) is 7.74. The maximum Gasteiger partial charge on any atom is 0.337 e. The van der Waals surface area contributed by atoms with E-state index in [4.69, 9.17) is 9.84 Å². The summed E-state index contributed by atoms with van der Waals surface area (Å²) in [5.41, 5.74) is -4.60. The zero-order chi connectivity index (χ0) is 17.6. The molecule has 0 heterocycles. The van der Waals surface area contributed by atoms with Crippen LogP contribution in [0.15, 0.2) is 0 Å². The number of carbonyl (C=O) groups excluding carboxylic acids is 1. The van der Waals surface area contributed by atoms with E-state index in [2.05, 4.69) is 4.74 Å². The standard InChI is InChI=1S/C13H20O9/c1-4-12(5-2,10(17)18)13(11(19)20,6-8(14)15)22-7-9(16)21-3/h4-7H2,1-3H3,(H,14,15)(H,17,18)(H,19,20). The van der Waals surface area contributed by atoms with Gasteiger partial charge in [-0.1, -0.05) is 13.8 Å². The Morgan fingerprint density at radius 2 is 1.45 bits per heavy atom. The van der Waals surface area contributed by atoms with E-state index in [0.29, 0.717) is 0 Å². The van der Waals surface area contributed by atoms with Crippen LogP contribution in [-0.4, -0.2) is 58.5 Å². The second-order valence-electron chi connectivity index (χ2n) is 4.66. The first-order chi connectivity index (χ1) is 10.1. The van der Waals surface area contributed by atoms with Crippen molar-refractivity contribution >= 4 is 23.9 Å². The van der Waals surface area contributed by atoms with Crippen LogP contribution in [0.3, 0.4) is 0 Å². The van der Waals surface area contributed by atoms with Gasteiger partial charge in [-0.25, -0.2) is 9.59 Å². The fourth-order valence-electron chi connectivity index (χ4n) is 2.45. The molecule has 1 atom stereocenters. The molecule has 0 aromatic heterocycles. The van der Waals surface area contributed by atoms with E-state index in [1.54, 1.807) is 0 Å². The molecule has 0 fully saturated rings. The highest BCUT2D eigenvalue weighted by atomic mass is 16.6. The molecule has 9 nitrogen and oxygen atoms in total. The van der Waals surface area contributed by atoms with E-state index in [9.17, 15) is 29.4 Å². The van der Waals surface area contributed by atoms with Gasteiger partial charge in [0, 0.05) is 0 Å². The van der Waals surface area contributed by atoms with Gasteiger partial charge in [0.1, 0.15) is 12.0 Å². The number of methoxy groups -OCH3 is 1. The summed E-state index contributed by atoms with van der Waals surface area (Å²) in [6.07, 6.45) is -1.49. The number of carboxylic acid groups (broad SMARTS) is 3. The van der Waals surface area contributed by atoms with Gasteiger partial charge in [0.15, 0.2) is 5.60 Å². The predicted octanol–water partition coefficient (Wildman–Crippen LogP) is 0.365. The summed E-state index contributed by atoms with van der Waals surface area (Å²) in [5.74, 6) is -5.77. The molecule has 9 heteroatoms. The first-order valence-corrected chi connectivity index (χ1v) is 6.52. The topological polar surface area (TPSA) is 147 Å². The molecule has 0 aliphatic heterocycles. The third kappa shape index (κ3) is 3.53. The van der Waals surface area contributed by atoms with Crippen molar-refractivity contribution in [2.75, 3.05) is 13.7 Å². The van der Waals surface area contributed by atoms with Crippen molar-refractivity contribution in [1.29, 1.82) is 0 Å². The van der Waals surface area contributed by atoms with Crippen LogP contribution in [0.4, 0.5) is 0 Å². The smallest absolute Gasteiger partial charge is 0.337 e. The number of carbonyl (C=O) groups is 4. The third-order valence-corrected chi connectivity index (χ3v) is 3.80. The van der Waals surface area contributed by atoms with Crippen LogP contribution in [-0.2, 0) is 28.7 Å². The Morgan fingerprint density at radius 1 is 0.955 bits per heavy atom. The summed E-state index contributed by atoms with van der Waals surface area (Å²) in [5, 5.41) is 28.0. The van der Waals surface area contributed by atoms with Crippen LogP contribution in [0.2, 0.25) is 0 Å². The number of aliphatic carboxylic acids is 3. The molecular weight excluding hydrogens is 300 g/mol. The summed E-state index contributed by atoms with van der Waals surface area (Å²) < 4.78 is 9.35. The highest BCUT2D eigenvalue weighted by molar-refractivity contribution is 5.92. The van der Waals surface area contributed by atoms with Gasteiger partial charge in [-0.3, -0.25) is 9.59 Å². The van der Waals surface area contributed by atoms with Gasteiger partial charge in [-0.15, -0.1) is 0 Å². The minimum atomic E-state index is -2.59. The SMILES string of the molecule is CCC(CC)(C(=O)O)C(CC(=O)O)(OCC(=O)OC)C(=O)O. The van der Waals surface area contributed by atoms with Crippen molar-refractivity contribution in [3.63, 3.8) is 0 Å². The number of hydrogen-bond donors (Lipinski definition) is 3. The van der Waals surface area contributed by atoms with Gasteiger partial charge < -0.3 is 24.8 Å². The molecule has 0 saturated heterocycles. The zero-order valence-corrected chi connectivity index (χ0v) is 12.6. The minimum absolute atomic E-state index is 0.195. The molecule has 0 bridgehead atoms. The first kappa shape index (κ1) is 19.8. The Hall–Kier alpha value is -2.16. The maximum absolute atomic E-state index is 11.7. The van der Waals surface area contributed by atoms with Crippen molar-refractivity contribution in [1.82, 2.24) is 0 Å². The molecule has 0 aliphatic carbocycles. The Labute approximate surface area is 126 Å². The van der Waals surface area contributed by atoms with Gasteiger partial charge in [0.25, 0.3) is 0 Å². The molecule has 3 N–H and O–H groups in total. The number of hydrogen-bond acceptors (Lipinski definition) is 6. The zero-order valence-electron chi connectivity index (χ0n) is 12.6. The Kier molecular flexibility index (Phi) is 6.98. The Balaban J connectivity index is 6.11. The lowest BCUT2D eigenvalue weighted by molar-refractivity contribution is -0.209. The summed E-state index contributed by atoms with van der Waals surface area (Å²) >= 11 is 0. The van der Waals surface area contributed by atoms with Crippen molar-refractivity contribution < 1.29 is 44.0 Å². The lowest BCUT2D eigenvalue weighted by Crippen LogP contribution is -2.61. The maximum atomic E-state index is 11.7. The lowest BCUT2D eigenvalue weighted by Gasteiger charge is -2.42. The summed E-state index contributed by atoms with van der Waals surface area (Å²) in [7, 11) is 1.04. The average molecular weight is 320 g/mol. The number of rotatable bonds is 10. The van der Waals surface area contributed by atoms with E-state index in [0.717, 1.165) is 7.11 Å². The minimum Gasteiger partial charge on any atom is -0.481 e. The molecule has 0 aromatic carbocycles. The second-order valence-corrected chi connectivity index (χ2v) is 4.66. The van der Waals surface area contributed by atoms with E-state index < -0.39 is 47.9 Å². The molecule has 0 saturated carbocycles. The van der Waals surface area contributed by atoms with Gasteiger partial charge >= 0.3 is 23.9 Å². The summed E-state index contributed by atoms with van der Waals surface area (Å²) in [6.45, 7) is 1.96. The predicted molar refractivity (Wildman–Crippen MR) is 71.2 cm³/mol. The fraction of sp³-hybridized carbons (Fsp3) is 0.692. The average Bonchev–Trinajstić information content (AvgIpc) is 2.44. The number of esters is 1. The molecular formula is C13H20O9. The first-order valence-electron chi connectivity index (χ1n) is 6.52. The molecule has 0 aromatic rings. The van der Waals surface area contributed by atoms with Crippen LogP contribution in [0.1, 0.15) is 33.1 Å². The molecule has 0 aliphatic rings. The van der Waals surface area contributed by atoms with Crippen LogP contribution in [0.5, 0.6) is 0 Å². The van der Waals surface area contributed by atoms with E-state index in [1.165, 1.54) is 13.8 Å². The van der Waals surface area contributed by atoms with Crippen molar-refractivity contribution in [2.45, 2.75) is 38.7 Å². The molecule has 0 rings (SSSR count). The van der Waals surface area contributed by atoms with Crippen molar-refractivity contribution in [2.24, 2.45) is 5.41 Å². The summed E-state index contributed by atoms with van der Waals surface area (Å²) in [4.78, 5) is 45.7. The largest absolute Gasteiger partial charge is 0.481 e. The Morgan fingerprint density at radius 3 is 1.73 bits per heavy atom. The van der Waals surface area contributed by atoms with Crippen LogP contribution in [0.25, 0.3) is 0 Å².